The average Bonchev–Trinajstić information content (AvgIpc) is 3.52. The topological polar surface area (TPSA) is 79.6 Å². The Morgan fingerprint density at radius 2 is 2.00 bits per heavy atom. The molecule has 4 aromatic rings. The fraction of sp³-hybridized carbons (Fsp3) is 0.231. The number of nitrogens with one attached hydrogen (secondary N) is 1. The van der Waals surface area contributed by atoms with Gasteiger partial charge in [-0.3, -0.25) is 14.6 Å². The molecule has 1 saturated carbocycles. The van der Waals surface area contributed by atoms with Crippen LogP contribution in [0.1, 0.15) is 25.3 Å². The number of hydrogen-bond donors (Lipinski definition) is 1. The second-order valence-corrected chi connectivity index (χ2v) is 9.03. The van der Waals surface area contributed by atoms with Crippen LogP contribution in [0.25, 0.3) is 16.9 Å². The summed E-state index contributed by atoms with van der Waals surface area (Å²) in [6.45, 7) is 2.27. The molecule has 0 atom stereocenters. The zero-order valence-electron chi connectivity index (χ0n) is 18.7. The first-order valence-electron chi connectivity index (χ1n) is 11.2. The fourth-order valence-corrected chi connectivity index (χ4v) is 4.22. The highest BCUT2D eigenvalue weighted by Crippen LogP contribution is 2.35. The molecule has 0 saturated heterocycles. The molecule has 1 aromatic carbocycles. The van der Waals surface area contributed by atoms with Crippen molar-refractivity contribution in [1.29, 1.82) is 0 Å². The van der Waals surface area contributed by atoms with Crippen LogP contribution in [0.4, 0.5) is 11.4 Å². The average molecular weight is 474 g/mol. The van der Waals surface area contributed by atoms with Gasteiger partial charge in [-0.2, -0.15) is 0 Å². The van der Waals surface area contributed by atoms with Crippen LogP contribution >= 0.6 is 11.6 Å². The van der Waals surface area contributed by atoms with Crippen LogP contribution < -0.4 is 10.2 Å². The summed E-state index contributed by atoms with van der Waals surface area (Å²) >= 11 is 6.54. The van der Waals surface area contributed by atoms with E-state index in [4.69, 9.17) is 11.6 Å². The molecule has 3 heterocycles. The minimum absolute atomic E-state index is 0.00952. The fourth-order valence-electron chi connectivity index (χ4n) is 3.94. The Kier molecular flexibility index (Phi) is 6.02. The predicted molar refractivity (Wildman–Crippen MR) is 133 cm³/mol. The highest BCUT2D eigenvalue weighted by atomic mass is 35.5. The van der Waals surface area contributed by atoms with Crippen molar-refractivity contribution in [3.63, 3.8) is 0 Å². The zero-order valence-corrected chi connectivity index (χ0v) is 19.5. The van der Waals surface area contributed by atoms with E-state index in [2.05, 4.69) is 15.3 Å². The Bertz CT molecular complexity index is 1360. The number of aromatic nitrogens is 3. The van der Waals surface area contributed by atoms with Crippen molar-refractivity contribution in [2.45, 2.75) is 26.2 Å². The molecular formula is C26H24ClN5O2. The first-order chi connectivity index (χ1) is 16.5. The molecule has 0 unspecified atom stereocenters. The lowest BCUT2D eigenvalue weighted by atomic mass is 10.1. The number of rotatable bonds is 7. The Morgan fingerprint density at radius 1 is 1.15 bits per heavy atom. The van der Waals surface area contributed by atoms with E-state index in [0.29, 0.717) is 23.2 Å². The van der Waals surface area contributed by atoms with Gasteiger partial charge in [0, 0.05) is 37.6 Å². The summed E-state index contributed by atoms with van der Waals surface area (Å²) in [7, 11) is 0. The van der Waals surface area contributed by atoms with Crippen LogP contribution in [0.5, 0.6) is 0 Å². The lowest BCUT2D eigenvalue weighted by molar-refractivity contribution is -0.117. The summed E-state index contributed by atoms with van der Waals surface area (Å²) < 4.78 is 1.89. The normalized spacial score (nSPS) is 13.1. The molecule has 1 N–H and O–H groups in total. The van der Waals surface area contributed by atoms with Gasteiger partial charge in [-0.05, 0) is 54.7 Å². The number of anilines is 2. The number of imidazole rings is 1. The lowest BCUT2D eigenvalue weighted by Crippen LogP contribution is -2.30. The van der Waals surface area contributed by atoms with Crippen LogP contribution in [0.2, 0.25) is 5.02 Å². The molecule has 172 valence electrons. The van der Waals surface area contributed by atoms with E-state index < -0.39 is 0 Å². The van der Waals surface area contributed by atoms with Gasteiger partial charge in [-0.25, -0.2) is 4.98 Å². The largest absolute Gasteiger partial charge is 0.324 e. The highest BCUT2D eigenvalue weighted by Gasteiger charge is 2.27. The molecule has 0 spiro atoms. The maximum atomic E-state index is 12.5. The number of amides is 2. The van der Waals surface area contributed by atoms with Crippen molar-refractivity contribution in [3.05, 3.63) is 77.8 Å². The molecule has 0 aliphatic heterocycles. The summed E-state index contributed by atoms with van der Waals surface area (Å²) in [4.78, 5) is 35.0. The quantitative estimate of drug-likeness (QED) is 0.410. The predicted octanol–water partition coefficient (Wildman–Crippen LogP) is 4.99. The smallest absolute Gasteiger partial charge is 0.228 e. The molecule has 7 nitrogen and oxygen atoms in total. The Hall–Kier alpha value is -3.71. The van der Waals surface area contributed by atoms with Crippen molar-refractivity contribution in [2.24, 2.45) is 5.92 Å². The van der Waals surface area contributed by atoms with Crippen LogP contribution in [0.3, 0.4) is 0 Å². The van der Waals surface area contributed by atoms with Crippen molar-refractivity contribution in [2.75, 3.05) is 16.8 Å². The summed E-state index contributed by atoms with van der Waals surface area (Å²) in [5, 5.41) is 3.40. The zero-order chi connectivity index (χ0) is 23.7. The molecule has 1 fully saturated rings. The van der Waals surface area contributed by atoms with Crippen molar-refractivity contribution >= 4 is 40.4 Å². The van der Waals surface area contributed by atoms with Crippen molar-refractivity contribution in [1.82, 2.24) is 14.4 Å². The Balaban J connectivity index is 1.25. The second kappa shape index (κ2) is 9.27. The number of carbonyl (C=O) groups excluding carboxylic acids is 2. The first-order valence-corrected chi connectivity index (χ1v) is 11.6. The summed E-state index contributed by atoms with van der Waals surface area (Å²) in [5.74, 6) is 0.434. The second-order valence-electron chi connectivity index (χ2n) is 8.63. The van der Waals surface area contributed by atoms with Crippen molar-refractivity contribution < 1.29 is 9.59 Å². The molecule has 1 aliphatic rings. The minimum Gasteiger partial charge on any atom is -0.324 e. The number of pyridine rings is 2. The summed E-state index contributed by atoms with van der Waals surface area (Å²) in [6, 6.07) is 13.0. The summed E-state index contributed by atoms with van der Waals surface area (Å²) in [5.41, 5.74) is 4.65. The molecule has 3 aromatic heterocycles. The monoisotopic (exact) mass is 473 g/mol. The van der Waals surface area contributed by atoms with E-state index in [1.54, 1.807) is 24.2 Å². The lowest BCUT2D eigenvalue weighted by Gasteiger charge is -2.22. The molecule has 2 amide bonds. The van der Waals surface area contributed by atoms with Crippen LogP contribution in [-0.2, 0) is 16.0 Å². The summed E-state index contributed by atoms with van der Waals surface area (Å²) in [6.07, 6.45) is 9.67. The SMILES string of the molecule is CC(=O)N(CC1CC1)c1ccc(-c2ccc(NC(=O)Cc3ccc4nccn4c3)cn2)cc1Cl. The van der Waals surface area contributed by atoms with Crippen LogP contribution in [-0.4, -0.2) is 32.7 Å². The van der Waals surface area contributed by atoms with Crippen molar-refractivity contribution in [3.8, 4) is 11.3 Å². The van der Waals surface area contributed by atoms with Gasteiger partial charge in [-0.15, -0.1) is 0 Å². The molecule has 0 bridgehead atoms. The van der Waals surface area contributed by atoms with Crippen LogP contribution in [0, 0.1) is 5.92 Å². The molecular weight excluding hydrogens is 450 g/mol. The van der Waals surface area contributed by atoms with Gasteiger partial charge in [0.1, 0.15) is 5.65 Å². The van der Waals surface area contributed by atoms with E-state index >= 15 is 0 Å². The molecule has 0 radical (unpaired) electrons. The Morgan fingerprint density at radius 3 is 2.71 bits per heavy atom. The number of carbonyl (C=O) groups is 2. The molecule has 5 rings (SSSR count). The number of halogens is 1. The minimum atomic E-state index is -0.124. The van der Waals surface area contributed by atoms with E-state index in [1.807, 2.05) is 59.3 Å². The van der Waals surface area contributed by atoms with Crippen LogP contribution in [0.15, 0.2) is 67.3 Å². The van der Waals surface area contributed by atoms with Gasteiger partial charge in [-0.1, -0.05) is 23.7 Å². The number of hydrogen-bond acceptors (Lipinski definition) is 4. The molecule has 8 heteroatoms. The third-order valence-corrected chi connectivity index (χ3v) is 6.22. The Labute approximate surface area is 202 Å². The van der Waals surface area contributed by atoms with Gasteiger partial charge in [0.05, 0.1) is 34.7 Å². The van der Waals surface area contributed by atoms with E-state index in [-0.39, 0.29) is 18.2 Å². The molecule has 34 heavy (non-hydrogen) atoms. The van der Waals surface area contributed by atoms with Gasteiger partial charge in [0.25, 0.3) is 0 Å². The first kappa shape index (κ1) is 22.1. The van der Waals surface area contributed by atoms with Gasteiger partial charge in [0.15, 0.2) is 0 Å². The van der Waals surface area contributed by atoms with Gasteiger partial charge < -0.3 is 14.6 Å². The maximum Gasteiger partial charge on any atom is 0.228 e. The maximum absolute atomic E-state index is 12.5. The van der Waals surface area contributed by atoms with E-state index in [0.717, 1.165) is 41.0 Å². The van der Waals surface area contributed by atoms with E-state index in [1.165, 1.54) is 0 Å². The third kappa shape index (κ3) is 4.94. The highest BCUT2D eigenvalue weighted by molar-refractivity contribution is 6.34. The third-order valence-electron chi connectivity index (χ3n) is 5.91. The number of benzene rings is 1. The van der Waals surface area contributed by atoms with E-state index in [9.17, 15) is 9.59 Å². The standard InChI is InChI=1S/C26H24ClN5O2/c1-17(33)32(16-18-2-3-18)24-8-5-20(13-22(24)27)23-7-6-21(14-29-23)30-26(34)12-19-4-9-25-28-10-11-31(25)15-19/h4-11,13-15,18H,2-3,12,16H2,1H3,(H,30,34). The van der Waals surface area contributed by atoms with Gasteiger partial charge >= 0.3 is 0 Å². The number of nitrogens with zero attached hydrogens (tertiary/aromatic N) is 4. The van der Waals surface area contributed by atoms with Gasteiger partial charge in [0.2, 0.25) is 11.8 Å². The molecule has 1 aliphatic carbocycles. The number of fused-ring (bicyclic) bond motifs is 1.